The predicted octanol–water partition coefficient (Wildman–Crippen LogP) is 6.65. The van der Waals surface area contributed by atoms with E-state index in [-0.39, 0.29) is 17.4 Å². The van der Waals surface area contributed by atoms with Crippen molar-refractivity contribution in [1.29, 1.82) is 0 Å². The van der Waals surface area contributed by atoms with Crippen molar-refractivity contribution in [3.63, 3.8) is 0 Å². The van der Waals surface area contributed by atoms with E-state index in [0.717, 1.165) is 39.1 Å². The molecule has 1 amide bonds. The molecule has 2 aliphatic rings. The summed E-state index contributed by atoms with van der Waals surface area (Å²) in [4.78, 5) is 33.5. The molecule has 7 nitrogen and oxygen atoms in total. The fourth-order valence-corrected chi connectivity index (χ4v) is 6.67. The number of hydrogen-bond donors (Lipinski definition) is 1. The number of rotatable bonds is 6. The molecule has 1 fully saturated rings. The zero-order valence-electron chi connectivity index (χ0n) is 22.9. The van der Waals surface area contributed by atoms with E-state index in [4.69, 9.17) is 14.5 Å². The van der Waals surface area contributed by atoms with Gasteiger partial charge in [0.15, 0.2) is 5.13 Å². The first-order chi connectivity index (χ1) is 19.2. The van der Waals surface area contributed by atoms with Gasteiger partial charge >= 0.3 is 5.91 Å². The quantitative estimate of drug-likeness (QED) is 0.163. The summed E-state index contributed by atoms with van der Waals surface area (Å²) in [7, 11) is 0. The van der Waals surface area contributed by atoms with Crippen molar-refractivity contribution >= 4 is 44.1 Å². The van der Waals surface area contributed by atoms with Crippen molar-refractivity contribution in [2.75, 3.05) is 11.5 Å². The molecule has 4 aromatic rings. The van der Waals surface area contributed by atoms with E-state index in [1.807, 2.05) is 70.2 Å². The number of carbonyl (C=O) groups excluding carboxylic acids is 2. The number of hydrogen-bond acceptors (Lipinski definition) is 7. The number of fused-ring (bicyclic) bond motifs is 2. The second kappa shape index (κ2) is 10.1. The lowest BCUT2D eigenvalue weighted by molar-refractivity contribution is -0.132. The zero-order valence-corrected chi connectivity index (χ0v) is 23.7. The Labute approximate surface area is 236 Å². The van der Waals surface area contributed by atoms with Gasteiger partial charge in [0.1, 0.15) is 23.4 Å². The summed E-state index contributed by atoms with van der Waals surface area (Å²) in [6.07, 6.45) is 1.62. The summed E-state index contributed by atoms with van der Waals surface area (Å²) in [5.41, 5.74) is 5.02. The minimum atomic E-state index is -0.856. The lowest BCUT2D eigenvalue weighted by Gasteiger charge is -2.23. The third-order valence-corrected chi connectivity index (χ3v) is 8.31. The van der Waals surface area contributed by atoms with Crippen LogP contribution >= 0.6 is 11.3 Å². The highest BCUT2D eigenvalue weighted by molar-refractivity contribution is 7.22. The van der Waals surface area contributed by atoms with Crippen LogP contribution in [0, 0.1) is 13.8 Å². The molecule has 1 N–H and O–H groups in total. The van der Waals surface area contributed by atoms with Crippen LogP contribution in [0.3, 0.4) is 0 Å². The van der Waals surface area contributed by atoms with Crippen LogP contribution in [0.15, 0.2) is 60.2 Å². The van der Waals surface area contributed by atoms with E-state index in [2.05, 4.69) is 0 Å². The Kier molecular flexibility index (Phi) is 6.58. The molecule has 40 heavy (non-hydrogen) atoms. The number of aryl methyl sites for hydroxylation is 2. The number of aliphatic hydroxyl groups is 1. The average Bonchev–Trinajstić information content (AvgIpc) is 3.60. The third-order valence-electron chi connectivity index (χ3n) is 7.31. The van der Waals surface area contributed by atoms with E-state index < -0.39 is 17.7 Å². The highest BCUT2D eigenvalue weighted by Gasteiger charge is 2.48. The van der Waals surface area contributed by atoms with E-state index in [1.54, 1.807) is 12.1 Å². The molecular weight excluding hydrogens is 524 g/mol. The fraction of sp³-hybridized carbons (Fsp3) is 0.281. The van der Waals surface area contributed by atoms with E-state index >= 15 is 0 Å². The summed E-state index contributed by atoms with van der Waals surface area (Å²) in [6.45, 7) is 8.61. The van der Waals surface area contributed by atoms with Gasteiger partial charge in [-0.05, 0) is 85.8 Å². The number of ketones is 1. The maximum Gasteiger partial charge on any atom is 0.301 e. The van der Waals surface area contributed by atoms with Crippen molar-refractivity contribution in [3.05, 3.63) is 88.0 Å². The summed E-state index contributed by atoms with van der Waals surface area (Å²) in [6, 6.07) is 15.9. The van der Waals surface area contributed by atoms with Crippen LogP contribution < -0.4 is 14.4 Å². The number of ether oxygens (including phenoxy) is 2. The molecule has 0 radical (unpaired) electrons. The van der Waals surface area contributed by atoms with Crippen LogP contribution in [0.25, 0.3) is 16.0 Å². The fourth-order valence-electron chi connectivity index (χ4n) is 5.50. The van der Waals surface area contributed by atoms with Gasteiger partial charge in [-0.15, -0.1) is 0 Å². The Morgan fingerprint density at radius 3 is 2.65 bits per heavy atom. The summed E-state index contributed by atoms with van der Waals surface area (Å²) in [5.74, 6) is -0.214. The average molecular weight is 555 g/mol. The second-order valence-electron chi connectivity index (χ2n) is 10.5. The number of nitrogens with zero attached hydrogens (tertiary/aromatic N) is 2. The number of amides is 1. The molecule has 0 unspecified atom stereocenters. The number of aliphatic hydroxyl groups excluding tert-OH is 1. The van der Waals surface area contributed by atoms with E-state index in [9.17, 15) is 14.7 Å². The summed E-state index contributed by atoms with van der Waals surface area (Å²) in [5, 5.41) is 12.0. The van der Waals surface area contributed by atoms with E-state index in [1.165, 1.54) is 16.2 Å². The molecule has 204 valence electrons. The molecule has 2 aliphatic heterocycles. The molecule has 3 aromatic carbocycles. The van der Waals surface area contributed by atoms with Gasteiger partial charge in [0.2, 0.25) is 0 Å². The molecular formula is C32H30N2O5S. The smallest absolute Gasteiger partial charge is 0.301 e. The Bertz CT molecular complexity index is 1690. The zero-order chi connectivity index (χ0) is 28.1. The first kappa shape index (κ1) is 26.1. The lowest BCUT2D eigenvalue weighted by Crippen LogP contribution is -2.29. The van der Waals surface area contributed by atoms with Crippen LogP contribution in [-0.2, 0) is 16.0 Å². The minimum Gasteiger partial charge on any atom is -0.507 e. The van der Waals surface area contributed by atoms with Gasteiger partial charge < -0.3 is 14.6 Å². The maximum atomic E-state index is 13.7. The minimum absolute atomic E-state index is 0.0336. The van der Waals surface area contributed by atoms with Gasteiger partial charge in [-0.25, -0.2) is 4.98 Å². The topological polar surface area (TPSA) is 89.0 Å². The number of thiazole rings is 1. The number of benzene rings is 3. The number of carbonyl (C=O) groups is 2. The Morgan fingerprint density at radius 1 is 1.12 bits per heavy atom. The Hall–Kier alpha value is -4.17. The molecule has 1 aromatic heterocycles. The molecule has 1 saturated heterocycles. The molecule has 3 heterocycles. The Morgan fingerprint density at radius 2 is 1.90 bits per heavy atom. The standard InChI is InChI=1S/C32H30N2O5S/c1-5-12-38-23-9-6-20(7-10-23)28-26(29(35)21-8-11-24-22(16-21)15-19(4)39-24)30(36)31(37)34(28)32-33-27-18(3)13-17(2)14-25(27)40-32/h6-11,13-14,16,19,28,35H,5,12,15H2,1-4H3/b29-26+/t19-,28+/m1/s1. The van der Waals surface area contributed by atoms with Crippen LogP contribution in [0.2, 0.25) is 0 Å². The normalized spacial score (nSPS) is 19.8. The van der Waals surface area contributed by atoms with Crippen molar-refractivity contribution in [1.82, 2.24) is 4.98 Å². The van der Waals surface area contributed by atoms with Gasteiger partial charge in [-0.3, -0.25) is 14.5 Å². The second-order valence-corrected chi connectivity index (χ2v) is 11.5. The third kappa shape index (κ3) is 4.42. The van der Waals surface area contributed by atoms with Gasteiger partial charge in [0, 0.05) is 12.0 Å². The monoisotopic (exact) mass is 554 g/mol. The molecule has 6 rings (SSSR count). The molecule has 8 heteroatoms. The first-order valence-electron chi connectivity index (χ1n) is 13.5. The molecule has 0 spiro atoms. The van der Waals surface area contributed by atoms with Gasteiger partial charge in [0.25, 0.3) is 5.78 Å². The number of anilines is 1. The first-order valence-corrected chi connectivity index (χ1v) is 14.3. The van der Waals surface area contributed by atoms with Crippen molar-refractivity contribution in [3.8, 4) is 11.5 Å². The van der Waals surface area contributed by atoms with Crippen molar-refractivity contribution in [2.24, 2.45) is 0 Å². The highest BCUT2D eigenvalue weighted by atomic mass is 32.1. The molecule has 2 atom stereocenters. The summed E-state index contributed by atoms with van der Waals surface area (Å²) >= 11 is 1.36. The van der Waals surface area contributed by atoms with Crippen LogP contribution in [-0.4, -0.2) is 34.5 Å². The lowest BCUT2D eigenvalue weighted by atomic mass is 9.94. The predicted molar refractivity (Wildman–Crippen MR) is 156 cm³/mol. The van der Waals surface area contributed by atoms with Gasteiger partial charge in [-0.1, -0.05) is 36.5 Å². The molecule has 0 aliphatic carbocycles. The maximum absolute atomic E-state index is 13.7. The highest BCUT2D eigenvalue weighted by Crippen LogP contribution is 2.45. The van der Waals surface area contributed by atoms with E-state index in [0.29, 0.717) is 35.0 Å². The van der Waals surface area contributed by atoms with Crippen LogP contribution in [0.5, 0.6) is 11.5 Å². The van der Waals surface area contributed by atoms with Crippen LogP contribution in [0.1, 0.15) is 54.1 Å². The van der Waals surface area contributed by atoms with Crippen molar-refractivity contribution in [2.45, 2.75) is 52.7 Å². The molecule has 0 saturated carbocycles. The van der Waals surface area contributed by atoms with Gasteiger partial charge in [0.05, 0.1) is 28.4 Å². The molecule has 0 bridgehead atoms. The number of aromatic nitrogens is 1. The SMILES string of the molecule is CCCOc1ccc([C@H]2/C(=C(\O)c3ccc4c(c3)C[C@@H](C)O4)C(=O)C(=O)N2c2nc3c(C)cc(C)cc3s2)cc1. The van der Waals surface area contributed by atoms with Crippen LogP contribution in [0.4, 0.5) is 5.13 Å². The number of Topliss-reactive ketones (excluding diaryl/α,β-unsaturated/α-hetero) is 1. The Balaban J connectivity index is 1.51. The largest absolute Gasteiger partial charge is 0.507 e. The summed E-state index contributed by atoms with van der Waals surface area (Å²) < 4.78 is 12.5. The van der Waals surface area contributed by atoms with Gasteiger partial charge in [-0.2, -0.15) is 0 Å². The van der Waals surface area contributed by atoms with Crippen molar-refractivity contribution < 1.29 is 24.2 Å².